The van der Waals surface area contributed by atoms with Crippen LogP contribution < -0.4 is 5.32 Å². The molecule has 20 heavy (non-hydrogen) atoms. The van der Waals surface area contributed by atoms with E-state index in [9.17, 15) is 14.3 Å². The van der Waals surface area contributed by atoms with Gasteiger partial charge in [0.2, 0.25) is 5.78 Å². The second-order valence-electron chi connectivity index (χ2n) is 4.57. The van der Waals surface area contributed by atoms with Gasteiger partial charge in [0.25, 0.3) is 0 Å². The van der Waals surface area contributed by atoms with Gasteiger partial charge in [0.1, 0.15) is 12.2 Å². The number of aliphatic hydroxyl groups is 2. The van der Waals surface area contributed by atoms with Gasteiger partial charge in [-0.2, -0.15) is 0 Å². The Labute approximate surface area is 112 Å². The number of nitrogens with zero attached hydrogens (tertiary/aromatic N) is 3. The zero-order valence-electron chi connectivity index (χ0n) is 10.3. The fourth-order valence-corrected chi connectivity index (χ4v) is 2.27. The zero-order valence-corrected chi connectivity index (χ0v) is 10.3. The first-order valence-corrected chi connectivity index (χ1v) is 6.08. The van der Waals surface area contributed by atoms with Crippen LogP contribution in [0.15, 0.2) is 11.3 Å². The number of rotatable bonds is 2. The molecule has 1 aromatic rings. The lowest BCUT2D eigenvalue weighted by Crippen LogP contribution is -2.30. The number of hydrogen-bond acceptors (Lipinski definition) is 7. The van der Waals surface area contributed by atoms with Crippen LogP contribution in [0.4, 0.5) is 10.2 Å². The van der Waals surface area contributed by atoms with Crippen LogP contribution in [-0.4, -0.2) is 63.4 Å². The van der Waals surface area contributed by atoms with Crippen LogP contribution >= 0.6 is 0 Å². The molecule has 2 aliphatic heterocycles. The second-order valence-corrected chi connectivity index (χ2v) is 4.57. The highest BCUT2D eigenvalue weighted by Crippen LogP contribution is 2.35. The van der Waals surface area contributed by atoms with Crippen LogP contribution in [0.5, 0.6) is 0 Å². The summed E-state index contributed by atoms with van der Waals surface area (Å²) >= 11 is 0. The molecule has 9 heteroatoms. The molecule has 4 atom stereocenters. The van der Waals surface area contributed by atoms with Crippen LogP contribution in [0.3, 0.4) is 0 Å². The molecule has 108 valence electrons. The van der Waals surface area contributed by atoms with Crippen molar-refractivity contribution in [2.75, 3.05) is 13.2 Å². The van der Waals surface area contributed by atoms with E-state index in [1.54, 1.807) is 0 Å². The number of alkyl halides is 1. The highest BCUT2D eigenvalue weighted by molar-refractivity contribution is 6.01. The molecule has 0 spiro atoms. The van der Waals surface area contributed by atoms with Crippen LogP contribution in [0.1, 0.15) is 16.7 Å². The van der Waals surface area contributed by atoms with Crippen molar-refractivity contribution < 1.29 is 24.1 Å². The van der Waals surface area contributed by atoms with Gasteiger partial charge >= 0.3 is 0 Å². The number of carbonyl (C=O) groups excluding carboxylic acids is 1. The van der Waals surface area contributed by atoms with Gasteiger partial charge in [-0.1, -0.05) is 0 Å². The summed E-state index contributed by atoms with van der Waals surface area (Å²) in [6, 6.07) is 0. The number of imidazole rings is 1. The molecule has 3 rings (SSSR count). The van der Waals surface area contributed by atoms with E-state index < -0.39 is 31.2 Å². The Balaban J connectivity index is 1.98. The number of aromatic nitrogens is 2. The molecular weight excluding hydrogens is 271 g/mol. The van der Waals surface area contributed by atoms with Gasteiger partial charge < -0.3 is 20.3 Å². The van der Waals surface area contributed by atoms with E-state index in [4.69, 9.17) is 9.84 Å². The number of ether oxygens (including phenoxy) is 1. The van der Waals surface area contributed by atoms with Gasteiger partial charge in [0, 0.05) is 0 Å². The summed E-state index contributed by atoms with van der Waals surface area (Å²) in [5.41, 5.74) is 0.115. The maximum atomic E-state index is 14.1. The van der Waals surface area contributed by atoms with Crippen molar-refractivity contribution in [2.45, 2.75) is 24.6 Å². The van der Waals surface area contributed by atoms with E-state index in [1.165, 1.54) is 17.2 Å². The molecule has 3 N–H and O–H groups in total. The molecular formula is C11H13FN4O4. The minimum absolute atomic E-state index is 0.0555. The molecule has 0 radical (unpaired) electrons. The van der Waals surface area contributed by atoms with Crippen LogP contribution in [0, 0.1) is 0 Å². The summed E-state index contributed by atoms with van der Waals surface area (Å²) in [7, 11) is 0. The minimum atomic E-state index is -1.74. The first kappa shape index (κ1) is 13.2. The lowest BCUT2D eigenvalue weighted by Gasteiger charge is -2.15. The maximum absolute atomic E-state index is 14.1. The number of ketones is 1. The van der Waals surface area contributed by atoms with E-state index in [0.717, 1.165) is 0 Å². The van der Waals surface area contributed by atoms with Crippen molar-refractivity contribution in [2.24, 2.45) is 4.99 Å². The van der Waals surface area contributed by atoms with Crippen molar-refractivity contribution in [3.8, 4) is 0 Å². The van der Waals surface area contributed by atoms with E-state index >= 15 is 0 Å². The first-order chi connectivity index (χ1) is 9.63. The fourth-order valence-electron chi connectivity index (χ4n) is 2.27. The summed E-state index contributed by atoms with van der Waals surface area (Å²) in [6.45, 7) is -0.446. The summed E-state index contributed by atoms with van der Waals surface area (Å²) < 4.78 is 20.6. The number of hydrogen-bond donors (Lipinski definition) is 3. The van der Waals surface area contributed by atoms with Crippen LogP contribution in [0.2, 0.25) is 0 Å². The highest BCUT2D eigenvalue weighted by atomic mass is 19.1. The average molecular weight is 284 g/mol. The molecule has 0 bridgehead atoms. The molecule has 0 unspecified atom stereocenters. The Morgan fingerprint density at radius 1 is 1.60 bits per heavy atom. The number of fused-ring (bicyclic) bond motifs is 1. The minimum Gasteiger partial charge on any atom is -0.394 e. The summed E-state index contributed by atoms with van der Waals surface area (Å²) in [4.78, 5) is 19.7. The Hall–Kier alpha value is -1.84. The van der Waals surface area contributed by atoms with Crippen molar-refractivity contribution in [1.82, 2.24) is 14.9 Å². The SMILES string of the molecule is O=C1CNC=Nc2c1ncn2[C@@H]1O[C@H](CO)[C@@H](O)[C@H]1F. The Morgan fingerprint density at radius 3 is 3.10 bits per heavy atom. The highest BCUT2D eigenvalue weighted by Gasteiger charge is 2.46. The number of carbonyl (C=O) groups is 1. The summed E-state index contributed by atoms with van der Waals surface area (Å²) in [5.74, 6) is -0.109. The molecule has 3 heterocycles. The Morgan fingerprint density at radius 2 is 2.40 bits per heavy atom. The monoisotopic (exact) mass is 284 g/mol. The normalized spacial score (nSPS) is 32.9. The molecule has 1 saturated heterocycles. The molecule has 2 aliphatic rings. The van der Waals surface area contributed by atoms with Crippen molar-refractivity contribution in [3.05, 3.63) is 12.0 Å². The van der Waals surface area contributed by atoms with Gasteiger partial charge in [-0.25, -0.2) is 14.4 Å². The molecule has 0 aliphatic carbocycles. The molecule has 0 amide bonds. The average Bonchev–Trinajstić information content (AvgIpc) is 2.92. The van der Waals surface area contributed by atoms with E-state index in [1.807, 2.05) is 0 Å². The summed E-state index contributed by atoms with van der Waals surface area (Å²) in [5, 5.41) is 21.3. The van der Waals surface area contributed by atoms with Crippen molar-refractivity contribution in [1.29, 1.82) is 0 Å². The number of halogens is 1. The van der Waals surface area contributed by atoms with Gasteiger partial charge in [-0.3, -0.25) is 9.36 Å². The third kappa shape index (κ3) is 1.90. The van der Waals surface area contributed by atoms with Gasteiger partial charge in [-0.15, -0.1) is 0 Å². The maximum Gasteiger partial charge on any atom is 0.204 e. The lowest BCUT2D eigenvalue weighted by molar-refractivity contribution is -0.0466. The Bertz CT molecular complexity index is 561. The standard InChI is InChI=1S/C11H13FN4O4/c12-7-9(19)6(2-17)20-11(7)16-4-15-8-5(18)1-13-3-14-10(8)16/h3-4,6-7,9,11,17,19H,1-2H2,(H,13,14)/t6-,7-,9-,11-/m1/s1. The second kappa shape index (κ2) is 4.93. The smallest absolute Gasteiger partial charge is 0.204 e. The lowest BCUT2D eigenvalue weighted by atomic mass is 10.1. The van der Waals surface area contributed by atoms with Gasteiger partial charge in [0.15, 0.2) is 23.9 Å². The predicted octanol–water partition coefficient (Wildman–Crippen LogP) is -1.08. The largest absolute Gasteiger partial charge is 0.394 e. The predicted molar refractivity (Wildman–Crippen MR) is 64.6 cm³/mol. The van der Waals surface area contributed by atoms with Gasteiger partial charge in [-0.05, 0) is 0 Å². The quantitative estimate of drug-likeness (QED) is 0.637. The van der Waals surface area contributed by atoms with Crippen molar-refractivity contribution in [3.63, 3.8) is 0 Å². The topological polar surface area (TPSA) is 109 Å². The summed E-state index contributed by atoms with van der Waals surface area (Å²) in [6.07, 6.45) is -2.81. The number of nitrogens with one attached hydrogen (secondary N) is 1. The molecule has 1 fully saturated rings. The van der Waals surface area contributed by atoms with E-state index in [2.05, 4.69) is 15.3 Å². The fraction of sp³-hybridized carbons (Fsp3) is 0.545. The Kier molecular flexibility index (Phi) is 3.24. The van der Waals surface area contributed by atoms with Crippen LogP contribution in [0.25, 0.3) is 0 Å². The zero-order chi connectivity index (χ0) is 14.3. The van der Waals surface area contributed by atoms with Gasteiger partial charge in [0.05, 0.1) is 25.8 Å². The molecule has 8 nitrogen and oxygen atoms in total. The number of aliphatic hydroxyl groups excluding tert-OH is 2. The molecule has 0 aromatic carbocycles. The van der Waals surface area contributed by atoms with Crippen LogP contribution in [-0.2, 0) is 4.74 Å². The molecule has 0 saturated carbocycles. The number of aliphatic imine (C=N–C) groups is 1. The molecule has 1 aromatic heterocycles. The van der Waals surface area contributed by atoms with E-state index in [-0.39, 0.29) is 23.8 Å². The number of Topliss-reactive ketones (excluding diaryl/α,β-unsaturated/α-hetero) is 1. The van der Waals surface area contributed by atoms with E-state index in [0.29, 0.717) is 0 Å². The third-order valence-electron chi connectivity index (χ3n) is 3.32. The first-order valence-electron chi connectivity index (χ1n) is 6.08. The van der Waals surface area contributed by atoms with Crippen molar-refractivity contribution >= 4 is 17.9 Å². The third-order valence-corrected chi connectivity index (χ3v) is 3.32.